The first-order valence-electron chi connectivity index (χ1n) is 12.9. The van der Waals surface area contributed by atoms with E-state index < -0.39 is 29.5 Å². The smallest absolute Gasteiger partial charge is 0.350 e. The van der Waals surface area contributed by atoms with E-state index in [4.69, 9.17) is 14.2 Å². The number of aryl methyl sites for hydroxylation is 1. The minimum atomic E-state index is -1.14. The third kappa shape index (κ3) is 5.50. The Bertz CT molecular complexity index is 1480. The van der Waals surface area contributed by atoms with Crippen LogP contribution in [0.5, 0.6) is 17.2 Å². The fourth-order valence-electron chi connectivity index (χ4n) is 4.30. The number of nitrogens with zero attached hydrogens (tertiary/aromatic N) is 2. The number of aliphatic hydroxyl groups excluding tert-OH is 1. The van der Waals surface area contributed by atoms with Crippen molar-refractivity contribution >= 4 is 39.9 Å². The lowest BCUT2D eigenvalue weighted by Crippen LogP contribution is -2.29. The molecule has 3 aromatic rings. The van der Waals surface area contributed by atoms with Crippen molar-refractivity contribution in [3.8, 4) is 17.2 Å². The second-order valence-corrected chi connectivity index (χ2v) is 9.81. The van der Waals surface area contributed by atoms with Gasteiger partial charge in [-0.15, -0.1) is 0 Å². The van der Waals surface area contributed by atoms with E-state index in [-0.39, 0.29) is 45.9 Å². The number of thiazole rings is 1. The molecular formula is C29H30N2O8S. The van der Waals surface area contributed by atoms with Crippen molar-refractivity contribution in [1.82, 2.24) is 4.98 Å². The zero-order valence-electron chi connectivity index (χ0n) is 22.6. The number of carbonyl (C=O) groups excluding carboxylic acids is 3. The van der Waals surface area contributed by atoms with Gasteiger partial charge in [0.1, 0.15) is 16.4 Å². The Kier molecular flexibility index (Phi) is 8.73. The lowest BCUT2D eigenvalue weighted by Gasteiger charge is -2.23. The second-order valence-electron chi connectivity index (χ2n) is 8.84. The molecule has 40 heavy (non-hydrogen) atoms. The number of aromatic nitrogens is 1. The zero-order valence-corrected chi connectivity index (χ0v) is 23.4. The maximum Gasteiger partial charge on any atom is 0.350 e. The molecule has 0 bridgehead atoms. The Morgan fingerprint density at radius 3 is 2.55 bits per heavy atom. The number of rotatable bonds is 10. The number of carbonyl (C=O) groups is 3. The molecule has 0 saturated carbocycles. The van der Waals surface area contributed by atoms with E-state index in [9.17, 15) is 24.6 Å². The third-order valence-corrected chi connectivity index (χ3v) is 7.21. The first-order valence-corrected chi connectivity index (χ1v) is 13.7. The number of ketones is 1. The maximum absolute atomic E-state index is 13.5. The Morgan fingerprint density at radius 1 is 1.07 bits per heavy atom. The predicted octanol–water partition coefficient (Wildman–Crippen LogP) is 5.15. The number of esters is 1. The number of amides is 1. The SMILES string of the molecule is CCCOc1cccc(C(O)=C2C(=O)C(=O)N(c3nc(C)c(C(=O)OCC)s3)C2c2ccc(O)c(OCC)c2)c1. The first-order chi connectivity index (χ1) is 19.2. The molecule has 0 radical (unpaired) electrons. The lowest BCUT2D eigenvalue weighted by molar-refractivity contribution is -0.132. The van der Waals surface area contributed by atoms with Gasteiger partial charge in [-0.05, 0) is 57.0 Å². The van der Waals surface area contributed by atoms with Gasteiger partial charge in [0, 0.05) is 5.56 Å². The number of hydrogen-bond acceptors (Lipinski definition) is 10. The van der Waals surface area contributed by atoms with Crippen LogP contribution in [0.4, 0.5) is 5.13 Å². The monoisotopic (exact) mass is 566 g/mol. The molecule has 2 aromatic carbocycles. The van der Waals surface area contributed by atoms with Gasteiger partial charge in [-0.1, -0.05) is 36.5 Å². The normalized spacial score (nSPS) is 16.3. The highest BCUT2D eigenvalue weighted by Gasteiger charge is 2.48. The average molecular weight is 567 g/mol. The summed E-state index contributed by atoms with van der Waals surface area (Å²) in [5.41, 5.74) is 0.811. The van der Waals surface area contributed by atoms with Crippen LogP contribution in [0, 0.1) is 6.92 Å². The van der Waals surface area contributed by atoms with Gasteiger partial charge in [0.05, 0.1) is 37.1 Å². The fraction of sp³-hybridized carbons (Fsp3) is 0.310. The van der Waals surface area contributed by atoms with Crippen molar-refractivity contribution in [2.45, 2.75) is 40.2 Å². The van der Waals surface area contributed by atoms with E-state index in [1.165, 1.54) is 18.2 Å². The van der Waals surface area contributed by atoms with Crippen molar-refractivity contribution in [3.63, 3.8) is 0 Å². The van der Waals surface area contributed by atoms with Gasteiger partial charge in [-0.2, -0.15) is 0 Å². The van der Waals surface area contributed by atoms with Crippen molar-refractivity contribution < 1.29 is 38.8 Å². The van der Waals surface area contributed by atoms with Crippen LogP contribution in [0.25, 0.3) is 5.76 Å². The minimum absolute atomic E-state index is 0.0813. The number of phenols is 1. The standard InChI is InChI=1S/C29H30N2O8S/c1-5-13-39-19-10-8-9-18(14-19)24(33)22-23(17-11-12-20(32)21(15-17)37-6-2)31(27(35)25(22)34)29-30-16(4)26(40-29)28(36)38-7-3/h8-12,14-15,23,32-33H,5-7,13H2,1-4H3. The van der Waals surface area contributed by atoms with Crippen molar-refractivity contribution in [2.24, 2.45) is 0 Å². The van der Waals surface area contributed by atoms with Crippen LogP contribution in [0.3, 0.4) is 0 Å². The zero-order chi connectivity index (χ0) is 29.0. The maximum atomic E-state index is 13.5. The van der Waals surface area contributed by atoms with E-state index in [1.807, 2.05) is 6.92 Å². The molecule has 2 N–H and O–H groups in total. The number of aromatic hydroxyl groups is 1. The molecule has 210 valence electrons. The summed E-state index contributed by atoms with van der Waals surface area (Å²) in [5, 5.41) is 21.8. The molecule has 11 heteroatoms. The van der Waals surface area contributed by atoms with Gasteiger partial charge in [0.15, 0.2) is 16.6 Å². The highest BCUT2D eigenvalue weighted by molar-refractivity contribution is 7.17. The van der Waals surface area contributed by atoms with Crippen LogP contribution in [-0.4, -0.2) is 52.7 Å². The third-order valence-electron chi connectivity index (χ3n) is 6.08. The summed E-state index contributed by atoms with van der Waals surface area (Å²) in [4.78, 5) is 45.3. The number of hydrogen-bond donors (Lipinski definition) is 2. The largest absolute Gasteiger partial charge is 0.507 e. The van der Waals surface area contributed by atoms with Gasteiger partial charge in [0.2, 0.25) is 0 Å². The molecule has 0 aliphatic carbocycles. The molecule has 1 fully saturated rings. The fourth-order valence-corrected chi connectivity index (χ4v) is 5.28. The first kappa shape index (κ1) is 28.6. The van der Waals surface area contributed by atoms with Gasteiger partial charge in [-0.25, -0.2) is 9.78 Å². The molecule has 1 atom stereocenters. The van der Waals surface area contributed by atoms with Crippen LogP contribution in [-0.2, 0) is 14.3 Å². The van der Waals surface area contributed by atoms with Gasteiger partial charge >= 0.3 is 11.9 Å². The van der Waals surface area contributed by atoms with Gasteiger partial charge in [0.25, 0.3) is 5.78 Å². The summed E-state index contributed by atoms with van der Waals surface area (Å²) in [7, 11) is 0. The van der Waals surface area contributed by atoms with E-state index in [0.29, 0.717) is 23.6 Å². The van der Waals surface area contributed by atoms with Gasteiger partial charge in [-0.3, -0.25) is 14.5 Å². The van der Waals surface area contributed by atoms with Crippen molar-refractivity contribution in [2.75, 3.05) is 24.7 Å². The molecular weight excluding hydrogens is 536 g/mol. The molecule has 10 nitrogen and oxygen atoms in total. The molecule has 1 aliphatic rings. The number of ether oxygens (including phenoxy) is 3. The summed E-state index contributed by atoms with van der Waals surface area (Å²) in [5.74, 6) is -2.35. The molecule has 1 unspecified atom stereocenters. The van der Waals surface area contributed by atoms with Crippen molar-refractivity contribution in [1.29, 1.82) is 0 Å². The Balaban J connectivity index is 1.91. The van der Waals surface area contributed by atoms with E-state index >= 15 is 0 Å². The Labute approximate surface area is 235 Å². The number of Topliss-reactive ketones (excluding diaryl/α,β-unsaturated/α-hetero) is 1. The number of benzene rings is 2. The lowest BCUT2D eigenvalue weighted by atomic mass is 9.95. The van der Waals surface area contributed by atoms with E-state index in [2.05, 4.69) is 4.98 Å². The quantitative estimate of drug-likeness (QED) is 0.148. The van der Waals surface area contributed by atoms with Crippen LogP contribution < -0.4 is 14.4 Å². The summed E-state index contributed by atoms with van der Waals surface area (Å²) < 4.78 is 16.3. The molecule has 1 aliphatic heterocycles. The van der Waals surface area contributed by atoms with Crippen molar-refractivity contribution in [3.05, 3.63) is 69.7 Å². The molecule has 4 rings (SSSR count). The van der Waals surface area contributed by atoms with Crippen LogP contribution in [0.1, 0.15) is 59.7 Å². The molecule has 1 aromatic heterocycles. The highest BCUT2D eigenvalue weighted by Crippen LogP contribution is 2.45. The molecule has 1 amide bonds. The topological polar surface area (TPSA) is 135 Å². The van der Waals surface area contributed by atoms with Crippen LogP contribution >= 0.6 is 11.3 Å². The molecule has 1 saturated heterocycles. The highest BCUT2D eigenvalue weighted by atomic mass is 32.1. The molecule has 2 heterocycles. The van der Waals surface area contributed by atoms with E-state index in [0.717, 1.165) is 22.7 Å². The Morgan fingerprint density at radius 2 is 1.85 bits per heavy atom. The number of phenolic OH excluding ortho intramolecular Hbond substituents is 1. The number of anilines is 1. The average Bonchev–Trinajstić information content (AvgIpc) is 3.45. The predicted molar refractivity (Wildman–Crippen MR) is 149 cm³/mol. The van der Waals surface area contributed by atoms with Crippen LogP contribution in [0.2, 0.25) is 0 Å². The summed E-state index contributed by atoms with van der Waals surface area (Å²) >= 11 is 0.910. The summed E-state index contributed by atoms with van der Waals surface area (Å²) in [6, 6.07) is 9.88. The van der Waals surface area contributed by atoms with Crippen LogP contribution in [0.15, 0.2) is 48.0 Å². The summed E-state index contributed by atoms with van der Waals surface area (Å²) in [6.07, 6.45) is 0.783. The van der Waals surface area contributed by atoms with Gasteiger partial charge < -0.3 is 24.4 Å². The second kappa shape index (κ2) is 12.2. The number of aliphatic hydroxyl groups is 1. The minimum Gasteiger partial charge on any atom is -0.507 e. The molecule has 0 spiro atoms. The Hall–Kier alpha value is -4.38. The summed E-state index contributed by atoms with van der Waals surface area (Å²) in [6.45, 7) is 7.88. The van der Waals surface area contributed by atoms with E-state index in [1.54, 1.807) is 45.0 Å².